The van der Waals surface area contributed by atoms with E-state index in [0.29, 0.717) is 0 Å². The van der Waals surface area contributed by atoms with Gasteiger partial charge in [-0.2, -0.15) is 0 Å². The lowest BCUT2D eigenvalue weighted by Gasteiger charge is -2.06. The molecule has 0 aliphatic carbocycles. The number of nitrogens with one attached hydrogen (secondary N) is 2. The Bertz CT molecular complexity index is 411. The van der Waals surface area contributed by atoms with Crippen LogP contribution in [0.25, 0.3) is 0 Å². The van der Waals surface area contributed by atoms with E-state index in [-0.39, 0.29) is 16.4 Å². The van der Waals surface area contributed by atoms with Gasteiger partial charge in [-0.15, -0.1) is 0 Å². The third-order valence-electron chi connectivity index (χ3n) is 1.50. The number of thiocarbonyl (C=S) groups is 1. The molecule has 0 aromatic heterocycles. The van der Waals surface area contributed by atoms with Crippen molar-refractivity contribution in [3.05, 3.63) is 29.6 Å². The minimum absolute atomic E-state index is 0.137. The summed E-state index contributed by atoms with van der Waals surface area (Å²) in [6.45, 7) is 0. The first-order valence-electron chi connectivity index (χ1n) is 3.85. The Balaban J connectivity index is 2.78. The minimum Gasteiger partial charge on any atom is -0.508 e. The largest absolute Gasteiger partial charge is 0.508 e. The number of aromatic hydroxyl groups is 1. The normalized spacial score (nSPS) is 9.40. The number of nitrogens with two attached hydrogens (primary N) is 1. The fraction of sp³-hybridized carbons (Fsp3) is 0. The molecule has 1 amide bonds. The van der Waals surface area contributed by atoms with E-state index in [0.717, 1.165) is 12.1 Å². The molecule has 0 heterocycles. The van der Waals surface area contributed by atoms with Crippen LogP contribution in [-0.2, 0) is 0 Å². The van der Waals surface area contributed by atoms with Crippen LogP contribution in [0.4, 0.5) is 4.39 Å². The molecule has 5 N–H and O–H groups in total. The van der Waals surface area contributed by atoms with E-state index in [9.17, 15) is 9.18 Å². The van der Waals surface area contributed by atoms with Crippen LogP contribution < -0.4 is 16.6 Å². The number of benzene rings is 1. The second-order valence-corrected chi connectivity index (χ2v) is 3.05. The topological polar surface area (TPSA) is 87.4 Å². The summed E-state index contributed by atoms with van der Waals surface area (Å²) in [4.78, 5) is 11.3. The Hall–Kier alpha value is -1.89. The Morgan fingerprint density at radius 1 is 1.47 bits per heavy atom. The molecule has 0 atom stereocenters. The van der Waals surface area contributed by atoms with Crippen LogP contribution in [0.2, 0.25) is 0 Å². The maximum atomic E-state index is 13.1. The van der Waals surface area contributed by atoms with Crippen LogP contribution in [0.1, 0.15) is 10.4 Å². The summed E-state index contributed by atoms with van der Waals surface area (Å²) >= 11 is 4.44. The fourth-order valence-corrected chi connectivity index (χ4v) is 0.925. The van der Waals surface area contributed by atoms with E-state index in [1.807, 2.05) is 0 Å². The van der Waals surface area contributed by atoms with Gasteiger partial charge >= 0.3 is 0 Å². The number of hydrazine groups is 1. The summed E-state index contributed by atoms with van der Waals surface area (Å²) in [7, 11) is 0. The third-order valence-corrected chi connectivity index (χ3v) is 1.60. The van der Waals surface area contributed by atoms with Gasteiger partial charge in [-0.25, -0.2) is 4.39 Å². The summed E-state index contributed by atoms with van der Waals surface area (Å²) in [6.07, 6.45) is 0. The number of rotatable bonds is 1. The van der Waals surface area contributed by atoms with Gasteiger partial charge in [0.25, 0.3) is 5.91 Å². The summed E-state index contributed by atoms with van der Waals surface area (Å²) in [6, 6.07) is 3.16. The van der Waals surface area contributed by atoms with Crippen molar-refractivity contribution in [2.75, 3.05) is 0 Å². The third kappa shape index (κ3) is 3.06. The summed E-state index contributed by atoms with van der Waals surface area (Å²) in [5.74, 6) is -1.83. The zero-order valence-electron chi connectivity index (χ0n) is 7.45. The van der Waals surface area contributed by atoms with E-state index in [2.05, 4.69) is 23.1 Å². The standard InChI is InChI=1S/C8H8FN3O2S/c9-6-3-4(13)1-2-5(6)7(14)11-12-8(10)15/h1-3,13H,(H,11,14)(H3,10,12,15). The number of amides is 1. The molecule has 0 aliphatic rings. The van der Waals surface area contributed by atoms with Gasteiger partial charge in [0.2, 0.25) is 0 Å². The van der Waals surface area contributed by atoms with Gasteiger partial charge in [-0.3, -0.25) is 15.6 Å². The van der Waals surface area contributed by atoms with Crippen molar-refractivity contribution < 1.29 is 14.3 Å². The molecular weight excluding hydrogens is 221 g/mol. The van der Waals surface area contributed by atoms with E-state index in [1.165, 1.54) is 6.07 Å². The fourth-order valence-electron chi connectivity index (χ4n) is 0.874. The number of phenols is 1. The van der Waals surface area contributed by atoms with Crippen molar-refractivity contribution in [2.45, 2.75) is 0 Å². The molecule has 0 spiro atoms. The number of hydrogen-bond donors (Lipinski definition) is 4. The lowest BCUT2D eigenvalue weighted by molar-refractivity contribution is 0.0940. The molecule has 5 nitrogen and oxygen atoms in total. The first-order chi connectivity index (χ1) is 7.00. The first kappa shape index (κ1) is 11.2. The quantitative estimate of drug-likeness (QED) is 0.402. The lowest BCUT2D eigenvalue weighted by atomic mass is 10.2. The van der Waals surface area contributed by atoms with Crippen LogP contribution in [0, 0.1) is 5.82 Å². The van der Waals surface area contributed by atoms with Crippen molar-refractivity contribution >= 4 is 23.2 Å². The highest BCUT2D eigenvalue weighted by molar-refractivity contribution is 7.80. The zero-order valence-corrected chi connectivity index (χ0v) is 8.27. The van der Waals surface area contributed by atoms with Crippen LogP contribution >= 0.6 is 12.2 Å². The van der Waals surface area contributed by atoms with E-state index >= 15 is 0 Å². The SMILES string of the molecule is NC(=S)NNC(=O)c1ccc(O)cc1F. The van der Waals surface area contributed by atoms with Gasteiger partial charge in [0.05, 0.1) is 5.56 Å². The number of hydrogen-bond acceptors (Lipinski definition) is 3. The molecule has 0 unspecified atom stereocenters. The maximum Gasteiger partial charge on any atom is 0.272 e. The molecule has 15 heavy (non-hydrogen) atoms. The Kier molecular flexibility index (Phi) is 3.40. The molecule has 1 aromatic carbocycles. The smallest absolute Gasteiger partial charge is 0.272 e. The predicted molar refractivity (Wildman–Crippen MR) is 55.5 cm³/mol. The van der Waals surface area contributed by atoms with E-state index in [1.54, 1.807) is 0 Å². The molecule has 0 saturated carbocycles. The molecular formula is C8H8FN3O2S. The van der Waals surface area contributed by atoms with Crippen LogP contribution in [0.3, 0.4) is 0 Å². The Morgan fingerprint density at radius 2 is 2.13 bits per heavy atom. The van der Waals surface area contributed by atoms with Crippen molar-refractivity contribution in [3.63, 3.8) is 0 Å². The Morgan fingerprint density at radius 3 is 2.67 bits per heavy atom. The average Bonchev–Trinajstić information content (AvgIpc) is 2.14. The number of carbonyl (C=O) groups is 1. The van der Waals surface area contributed by atoms with Gasteiger partial charge in [0, 0.05) is 6.07 Å². The van der Waals surface area contributed by atoms with Gasteiger partial charge in [0.1, 0.15) is 11.6 Å². The molecule has 0 aliphatic heterocycles. The van der Waals surface area contributed by atoms with E-state index in [4.69, 9.17) is 10.8 Å². The molecule has 0 bridgehead atoms. The van der Waals surface area contributed by atoms with Crippen LogP contribution in [0.5, 0.6) is 5.75 Å². The summed E-state index contributed by atoms with van der Waals surface area (Å²) < 4.78 is 13.1. The zero-order chi connectivity index (χ0) is 11.4. The maximum absolute atomic E-state index is 13.1. The van der Waals surface area contributed by atoms with Crippen molar-refractivity contribution in [1.29, 1.82) is 0 Å². The van der Waals surface area contributed by atoms with Crippen molar-refractivity contribution in [2.24, 2.45) is 5.73 Å². The monoisotopic (exact) mass is 229 g/mol. The molecule has 80 valence electrons. The molecule has 0 saturated heterocycles. The lowest BCUT2D eigenvalue weighted by Crippen LogP contribution is -2.44. The second-order valence-electron chi connectivity index (χ2n) is 2.61. The molecule has 1 aromatic rings. The van der Waals surface area contributed by atoms with Crippen LogP contribution in [-0.4, -0.2) is 16.1 Å². The van der Waals surface area contributed by atoms with Crippen LogP contribution in [0.15, 0.2) is 18.2 Å². The number of carbonyl (C=O) groups excluding carboxylic acids is 1. The highest BCUT2D eigenvalue weighted by atomic mass is 32.1. The van der Waals surface area contributed by atoms with Gasteiger partial charge in [-0.05, 0) is 24.4 Å². The minimum atomic E-state index is -0.836. The highest BCUT2D eigenvalue weighted by Gasteiger charge is 2.11. The van der Waals surface area contributed by atoms with Gasteiger partial charge in [-0.1, -0.05) is 0 Å². The summed E-state index contributed by atoms with van der Waals surface area (Å²) in [5.41, 5.74) is 9.08. The van der Waals surface area contributed by atoms with Crippen molar-refractivity contribution in [3.8, 4) is 5.75 Å². The molecule has 0 fully saturated rings. The molecule has 1 rings (SSSR count). The molecule has 0 radical (unpaired) electrons. The highest BCUT2D eigenvalue weighted by Crippen LogP contribution is 2.14. The van der Waals surface area contributed by atoms with E-state index < -0.39 is 11.7 Å². The van der Waals surface area contributed by atoms with Gasteiger partial charge < -0.3 is 10.8 Å². The molecule has 7 heteroatoms. The first-order valence-corrected chi connectivity index (χ1v) is 4.26. The van der Waals surface area contributed by atoms with Crippen molar-refractivity contribution in [1.82, 2.24) is 10.9 Å². The summed E-state index contributed by atoms with van der Waals surface area (Å²) in [5, 5.41) is 8.77. The second kappa shape index (κ2) is 4.56. The number of halogens is 1. The predicted octanol–water partition coefficient (Wildman–Crippen LogP) is 0.00930. The number of phenolic OH excluding ortho intramolecular Hbond substituents is 1. The average molecular weight is 229 g/mol. The Labute approximate surface area is 90.1 Å². The van der Waals surface area contributed by atoms with Gasteiger partial charge in [0.15, 0.2) is 5.11 Å².